The van der Waals surface area contributed by atoms with Gasteiger partial charge >= 0.3 is 0 Å². The molecule has 1 aromatic heterocycles. The van der Waals surface area contributed by atoms with Crippen LogP contribution >= 0.6 is 22.9 Å². The van der Waals surface area contributed by atoms with E-state index >= 15 is 0 Å². The molecule has 2 aromatic rings. The highest BCUT2D eigenvalue weighted by molar-refractivity contribution is 7.22. The summed E-state index contributed by atoms with van der Waals surface area (Å²) in [5, 5.41) is 11.9. The van der Waals surface area contributed by atoms with Crippen LogP contribution in [0.5, 0.6) is 0 Å². The number of hydrogen-bond acceptors (Lipinski definition) is 4. The van der Waals surface area contributed by atoms with Crippen molar-refractivity contribution in [1.82, 2.24) is 4.90 Å². The summed E-state index contributed by atoms with van der Waals surface area (Å²) in [4.78, 5) is 24.9. The van der Waals surface area contributed by atoms with E-state index in [-0.39, 0.29) is 11.6 Å². The van der Waals surface area contributed by atoms with Gasteiger partial charge < -0.3 is 4.90 Å². The Hall–Kier alpha value is -1.66. The number of nitro groups is 1. The zero-order valence-electron chi connectivity index (χ0n) is 11.1. The lowest BCUT2D eigenvalue weighted by molar-refractivity contribution is -0.382. The average molecular weight is 313 g/mol. The normalized spacial score (nSPS) is 10.8. The van der Waals surface area contributed by atoms with Gasteiger partial charge in [-0.2, -0.15) is 0 Å². The molecule has 1 aromatic carbocycles. The molecule has 1 heterocycles. The van der Waals surface area contributed by atoms with E-state index in [1.54, 1.807) is 17.0 Å². The number of carbonyl (C=O) groups excluding carboxylic acids is 1. The Morgan fingerprint density at radius 3 is 2.60 bits per heavy atom. The SMILES string of the molecule is CCN(CC)C(=O)c1sc2c([N+](=O)[O-])cccc2c1Cl. The van der Waals surface area contributed by atoms with Gasteiger partial charge in [0, 0.05) is 24.5 Å². The molecule has 7 heteroatoms. The molecule has 0 bridgehead atoms. The first kappa shape index (κ1) is 14.7. The fourth-order valence-corrected chi connectivity index (χ4v) is 3.57. The number of nitro benzene ring substituents is 1. The number of nitrogens with zero attached hydrogens (tertiary/aromatic N) is 2. The van der Waals surface area contributed by atoms with Gasteiger partial charge in [0.15, 0.2) is 0 Å². The minimum Gasteiger partial charge on any atom is -0.338 e. The van der Waals surface area contributed by atoms with Crippen LogP contribution in [0.2, 0.25) is 5.02 Å². The Labute approximate surface area is 124 Å². The lowest BCUT2D eigenvalue weighted by Gasteiger charge is -2.17. The zero-order valence-corrected chi connectivity index (χ0v) is 12.6. The van der Waals surface area contributed by atoms with Gasteiger partial charge in [-0.3, -0.25) is 14.9 Å². The van der Waals surface area contributed by atoms with E-state index in [9.17, 15) is 14.9 Å². The van der Waals surface area contributed by atoms with Crippen molar-refractivity contribution >= 4 is 44.6 Å². The quantitative estimate of drug-likeness (QED) is 0.634. The highest BCUT2D eigenvalue weighted by Gasteiger charge is 2.24. The number of hydrogen-bond donors (Lipinski definition) is 0. The molecule has 0 unspecified atom stereocenters. The number of carbonyl (C=O) groups is 1. The van der Waals surface area contributed by atoms with Gasteiger partial charge in [0.05, 0.1) is 9.95 Å². The summed E-state index contributed by atoms with van der Waals surface area (Å²) in [5.74, 6) is -0.185. The van der Waals surface area contributed by atoms with Gasteiger partial charge in [0.1, 0.15) is 9.58 Å². The number of benzene rings is 1. The lowest BCUT2D eigenvalue weighted by Crippen LogP contribution is -2.29. The van der Waals surface area contributed by atoms with Crippen molar-refractivity contribution in [1.29, 1.82) is 0 Å². The maximum Gasteiger partial charge on any atom is 0.287 e. The molecule has 20 heavy (non-hydrogen) atoms. The van der Waals surface area contributed by atoms with Crippen LogP contribution in [0.1, 0.15) is 23.5 Å². The number of rotatable bonds is 4. The van der Waals surface area contributed by atoms with Gasteiger partial charge in [-0.25, -0.2) is 0 Å². The fourth-order valence-electron chi connectivity index (χ4n) is 2.01. The summed E-state index contributed by atoms with van der Waals surface area (Å²) in [5.41, 5.74) is -0.0204. The molecule has 0 aliphatic rings. The summed E-state index contributed by atoms with van der Waals surface area (Å²) in [6.45, 7) is 4.90. The maximum absolute atomic E-state index is 12.4. The summed E-state index contributed by atoms with van der Waals surface area (Å²) in [6.07, 6.45) is 0. The lowest BCUT2D eigenvalue weighted by atomic mass is 10.2. The molecule has 0 fully saturated rings. The molecule has 0 saturated carbocycles. The van der Waals surface area contributed by atoms with Gasteiger partial charge in [-0.05, 0) is 13.8 Å². The molecule has 0 aliphatic heterocycles. The largest absolute Gasteiger partial charge is 0.338 e. The second-order valence-electron chi connectivity index (χ2n) is 4.13. The number of halogens is 1. The minimum absolute atomic E-state index is 0.0204. The first-order valence-electron chi connectivity index (χ1n) is 6.15. The highest BCUT2D eigenvalue weighted by atomic mass is 35.5. The summed E-state index contributed by atoms with van der Waals surface area (Å²) in [6, 6.07) is 4.69. The molecule has 0 aliphatic carbocycles. The Morgan fingerprint density at radius 1 is 1.40 bits per heavy atom. The predicted molar refractivity (Wildman–Crippen MR) is 80.7 cm³/mol. The van der Waals surface area contributed by atoms with Crippen LogP contribution in [0.4, 0.5) is 5.69 Å². The number of non-ortho nitro benzene ring substituents is 1. The molecule has 1 amide bonds. The van der Waals surface area contributed by atoms with Crippen LogP contribution in [-0.2, 0) is 0 Å². The van der Waals surface area contributed by atoms with Gasteiger partial charge in [-0.15, -0.1) is 11.3 Å². The average Bonchev–Trinajstić information content (AvgIpc) is 2.77. The van der Waals surface area contributed by atoms with E-state index in [2.05, 4.69) is 0 Å². The smallest absolute Gasteiger partial charge is 0.287 e. The monoisotopic (exact) mass is 312 g/mol. The standard InChI is InChI=1S/C13H13ClN2O3S/c1-3-15(4-2)13(17)12-10(14)8-6-5-7-9(16(18)19)11(8)20-12/h5-7H,3-4H2,1-2H3. The molecule has 0 saturated heterocycles. The van der Waals surface area contributed by atoms with Crippen molar-refractivity contribution in [2.45, 2.75) is 13.8 Å². The van der Waals surface area contributed by atoms with E-state index in [1.165, 1.54) is 6.07 Å². The Balaban J connectivity index is 2.62. The summed E-state index contributed by atoms with van der Waals surface area (Å²) < 4.78 is 0.443. The first-order valence-corrected chi connectivity index (χ1v) is 7.35. The third kappa shape index (κ3) is 2.36. The van der Waals surface area contributed by atoms with Crippen LogP contribution in [-0.4, -0.2) is 28.8 Å². The number of fused-ring (bicyclic) bond motifs is 1. The van der Waals surface area contributed by atoms with Crippen LogP contribution in [0.25, 0.3) is 10.1 Å². The van der Waals surface area contributed by atoms with Gasteiger partial charge in [-0.1, -0.05) is 23.7 Å². The van der Waals surface area contributed by atoms with E-state index < -0.39 is 4.92 Å². The third-order valence-electron chi connectivity index (χ3n) is 3.08. The molecule has 5 nitrogen and oxygen atoms in total. The Morgan fingerprint density at radius 2 is 2.05 bits per heavy atom. The van der Waals surface area contributed by atoms with Crippen molar-refractivity contribution in [2.24, 2.45) is 0 Å². The number of thiophene rings is 1. The minimum atomic E-state index is -0.458. The molecular weight excluding hydrogens is 300 g/mol. The Bertz CT molecular complexity index is 680. The van der Waals surface area contributed by atoms with Crippen molar-refractivity contribution in [3.8, 4) is 0 Å². The summed E-state index contributed by atoms with van der Waals surface area (Å²) >= 11 is 7.31. The molecule has 0 N–H and O–H groups in total. The van der Waals surface area contributed by atoms with Gasteiger partial charge in [0.2, 0.25) is 0 Å². The summed E-state index contributed by atoms with van der Waals surface area (Å²) in [7, 11) is 0. The predicted octanol–water partition coefficient (Wildman–Crippen LogP) is 3.94. The Kier molecular flexibility index (Phi) is 4.25. The van der Waals surface area contributed by atoms with Crippen molar-refractivity contribution in [3.05, 3.63) is 38.2 Å². The van der Waals surface area contributed by atoms with Crippen LogP contribution in [0.15, 0.2) is 18.2 Å². The number of amides is 1. The van der Waals surface area contributed by atoms with E-state index in [0.717, 1.165) is 11.3 Å². The molecular formula is C13H13ClN2O3S. The first-order chi connectivity index (χ1) is 9.51. The van der Waals surface area contributed by atoms with Crippen LogP contribution in [0.3, 0.4) is 0 Å². The second-order valence-corrected chi connectivity index (χ2v) is 5.53. The van der Waals surface area contributed by atoms with Crippen LogP contribution in [0, 0.1) is 10.1 Å². The second kappa shape index (κ2) is 5.76. The van der Waals surface area contributed by atoms with E-state index in [0.29, 0.717) is 33.1 Å². The molecule has 0 radical (unpaired) electrons. The van der Waals surface area contributed by atoms with E-state index in [1.807, 2.05) is 13.8 Å². The van der Waals surface area contributed by atoms with Crippen molar-refractivity contribution in [3.63, 3.8) is 0 Å². The third-order valence-corrected chi connectivity index (χ3v) is 4.80. The van der Waals surface area contributed by atoms with E-state index in [4.69, 9.17) is 11.6 Å². The van der Waals surface area contributed by atoms with Crippen LogP contribution < -0.4 is 0 Å². The molecule has 0 spiro atoms. The molecule has 0 atom stereocenters. The van der Waals surface area contributed by atoms with Gasteiger partial charge in [0.25, 0.3) is 11.6 Å². The molecule has 2 rings (SSSR count). The maximum atomic E-state index is 12.4. The fraction of sp³-hybridized carbons (Fsp3) is 0.308. The topological polar surface area (TPSA) is 63.5 Å². The van der Waals surface area contributed by atoms with Crippen molar-refractivity contribution in [2.75, 3.05) is 13.1 Å². The molecule has 106 valence electrons. The zero-order chi connectivity index (χ0) is 14.9. The highest BCUT2D eigenvalue weighted by Crippen LogP contribution is 2.40. The van der Waals surface area contributed by atoms with Crippen molar-refractivity contribution < 1.29 is 9.72 Å².